The van der Waals surface area contributed by atoms with Gasteiger partial charge in [0.15, 0.2) is 5.16 Å². The Bertz CT molecular complexity index is 997. The summed E-state index contributed by atoms with van der Waals surface area (Å²) in [5.74, 6) is 0.523. The van der Waals surface area contributed by atoms with Crippen LogP contribution in [0.25, 0.3) is 16.6 Å². The molecule has 1 heterocycles. The van der Waals surface area contributed by atoms with Gasteiger partial charge in [-0.25, -0.2) is 4.98 Å². The lowest BCUT2D eigenvalue weighted by molar-refractivity contribution is -0.131. The van der Waals surface area contributed by atoms with Gasteiger partial charge in [-0.05, 0) is 30.3 Å². The molecule has 3 rings (SSSR count). The standard InChI is InChI=1S/C19H16N2O3S/c1-3-11-25-19-20-17-10-9-15(24-13(2)22)12-16(17)18(23)21(19)14-7-5-4-6-8-14/h3-10,12H,1,11H2,2H3. The number of hydrogen-bond acceptors (Lipinski definition) is 5. The molecular weight excluding hydrogens is 336 g/mol. The Balaban J connectivity index is 2.25. The zero-order chi connectivity index (χ0) is 17.8. The fourth-order valence-corrected chi connectivity index (χ4v) is 3.16. The van der Waals surface area contributed by atoms with E-state index in [2.05, 4.69) is 11.6 Å². The second kappa shape index (κ2) is 7.36. The van der Waals surface area contributed by atoms with Gasteiger partial charge in [0.25, 0.3) is 5.56 Å². The zero-order valence-electron chi connectivity index (χ0n) is 13.6. The number of fused-ring (bicyclic) bond motifs is 1. The minimum Gasteiger partial charge on any atom is -0.427 e. The molecule has 0 aliphatic carbocycles. The summed E-state index contributed by atoms with van der Waals surface area (Å²) in [5, 5.41) is 0.981. The molecule has 2 aromatic carbocycles. The normalized spacial score (nSPS) is 10.6. The van der Waals surface area contributed by atoms with Crippen LogP contribution >= 0.6 is 11.8 Å². The highest BCUT2D eigenvalue weighted by Gasteiger charge is 2.14. The van der Waals surface area contributed by atoms with Crippen molar-refractivity contribution in [3.8, 4) is 11.4 Å². The van der Waals surface area contributed by atoms with Gasteiger partial charge in [0.2, 0.25) is 0 Å². The number of carbonyl (C=O) groups excluding carboxylic acids is 1. The van der Waals surface area contributed by atoms with Crippen LogP contribution in [-0.4, -0.2) is 21.3 Å². The molecule has 0 radical (unpaired) electrons. The van der Waals surface area contributed by atoms with Crippen molar-refractivity contribution in [3.05, 3.63) is 71.5 Å². The van der Waals surface area contributed by atoms with Crippen molar-refractivity contribution in [2.75, 3.05) is 5.75 Å². The highest BCUT2D eigenvalue weighted by molar-refractivity contribution is 7.99. The molecule has 0 saturated carbocycles. The Morgan fingerprint density at radius 3 is 2.72 bits per heavy atom. The van der Waals surface area contributed by atoms with Crippen LogP contribution < -0.4 is 10.3 Å². The number of nitrogens with zero attached hydrogens (tertiary/aromatic N) is 2. The van der Waals surface area contributed by atoms with E-state index in [9.17, 15) is 9.59 Å². The van der Waals surface area contributed by atoms with E-state index in [-0.39, 0.29) is 5.56 Å². The van der Waals surface area contributed by atoms with Crippen molar-refractivity contribution in [2.45, 2.75) is 12.1 Å². The third kappa shape index (κ3) is 3.64. The van der Waals surface area contributed by atoms with E-state index in [1.807, 2.05) is 30.3 Å². The number of ether oxygens (including phenoxy) is 1. The van der Waals surface area contributed by atoms with Crippen molar-refractivity contribution in [2.24, 2.45) is 0 Å². The molecule has 0 aliphatic heterocycles. The molecule has 3 aromatic rings. The first kappa shape index (κ1) is 17.0. The summed E-state index contributed by atoms with van der Waals surface area (Å²) in [4.78, 5) is 28.9. The molecule has 0 spiro atoms. The average molecular weight is 352 g/mol. The lowest BCUT2D eigenvalue weighted by Crippen LogP contribution is -2.22. The van der Waals surface area contributed by atoms with E-state index in [0.29, 0.717) is 27.6 Å². The quantitative estimate of drug-likeness (QED) is 0.231. The van der Waals surface area contributed by atoms with Crippen molar-refractivity contribution in [1.82, 2.24) is 9.55 Å². The Hall–Kier alpha value is -2.86. The summed E-state index contributed by atoms with van der Waals surface area (Å²) < 4.78 is 6.65. The summed E-state index contributed by atoms with van der Waals surface area (Å²) in [5.41, 5.74) is 1.07. The third-order valence-corrected chi connectivity index (χ3v) is 4.35. The molecule has 1 aromatic heterocycles. The van der Waals surface area contributed by atoms with E-state index in [4.69, 9.17) is 4.74 Å². The molecule has 0 amide bonds. The molecule has 0 bridgehead atoms. The fraction of sp³-hybridized carbons (Fsp3) is 0.105. The molecule has 0 aliphatic rings. The van der Waals surface area contributed by atoms with Gasteiger partial charge in [-0.1, -0.05) is 36.0 Å². The first-order valence-corrected chi connectivity index (χ1v) is 8.63. The van der Waals surface area contributed by atoms with Crippen LogP contribution in [0.2, 0.25) is 0 Å². The highest BCUT2D eigenvalue weighted by Crippen LogP contribution is 2.23. The maximum absolute atomic E-state index is 13.1. The molecule has 0 N–H and O–H groups in total. The van der Waals surface area contributed by atoms with E-state index >= 15 is 0 Å². The van der Waals surface area contributed by atoms with Crippen LogP contribution in [0.1, 0.15) is 6.92 Å². The van der Waals surface area contributed by atoms with Crippen LogP contribution in [0, 0.1) is 0 Å². The molecule has 5 nitrogen and oxygen atoms in total. The van der Waals surface area contributed by atoms with Gasteiger partial charge in [0.05, 0.1) is 16.6 Å². The number of hydrogen-bond donors (Lipinski definition) is 0. The molecule has 0 unspecified atom stereocenters. The molecule has 0 fully saturated rings. The Morgan fingerprint density at radius 2 is 2.04 bits per heavy atom. The van der Waals surface area contributed by atoms with E-state index in [0.717, 1.165) is 5.69 Å². The van der Waals surface area contributed by atoms with Crippen molar-refractivity contribution in [1.29, 1.82) is 0 Å². The fourth-order valence-electron chi connectivity index (χ4n) is 2.41. The Morgan fingerprint density at radius 1 is 1.28 bits per heavy atom. The average Bonchev–Trinajstić information content (AvgIpc) is 2.61. The Kier molecular flexibility index (Phi) is 5.00. The first-order chi connectivity index (χ1) is 12.1. The molecule has 0 saturated heterocycles. The minimum absolute atomic E-state index is 0.211. The summed E-state index contributed by atoms with van der Waals surface area (Å²) in [6.45, 7) is 5.04. The lowest BCUT2D eigenvalue weighted by atomic mass is 10.2. The van der Waals surface area contributed by atoms with Gasteiger partial charge in [-0.15, -0.1) is 6.58 Å². The number of carbonyl (C=O) groups is 1. The van der Waals surface area contributed by atoms with Crippen molar-refractivity contribution < 1.29 is 9.53 Å². The summed E-state index contributed by atoms with van der Waals surface area (Å²) >= 11 is 1.43. The number of rotatable bonds is 5. The van der Waals surface area contributed by atoms with Gasteiger partial charge < -0.3 is 4.74 Å². The number of thioether (sulfide) groups is 1. The molecule has 126 valence electrons. The maximum atomic E-state index is 13.1. The lowest BCUT2D eigenvalue weighted by Gasteiger charge is -2.13. The van der Waals surface area contributed by atoms with E-state index in [1.54, 1.807) is 28.8 Å². The number of aromatic nitrogens is 2. The summed E-state index contributed by atoms with van der Waals surface area (Å²) in [6.07, 6.45) is 1.76. The minimum atomic E-state index is -0.436. The second-order valence-electron chi connectivity index (χ2n) is 5.24. The number of para-hydroxylation sites is 1. The van der Waals surface area contributed by atoms with Crippen molar-refractivity contribution in [3.63, 3.8) is 0 Å². The van der Waals surface area contributed by atoms with Gasteiger partial charge in [0.1, 0.15) is 5.75 Å². The van der Waals surface area contributed by atoms with Crippen LogP contribution in [-0.2, 0) is 4.79 Å². The zero-order valence-corrected chi connectivity index (χ0v) is 14.5. The molecule has 6 heteroatoms. The van der Waals surface area contributed by atoms with E-state index < -0.39 is 5.97 Å². The predicted molar refractivity (Wildman–Crippen MR) is 99.6 cm³/mol. The van der Waals surface area contributed by atoms with Gasteiger partial charge in [-0.2, -0.15) is 0 Å². The van der Waals surface area contributed by atoms with Crippen molar-refractivity contribution >= 4 is 28.6 Å². The topological polar surface area (TPSA) is 61.2 Å². The molecular formula is C19H16N2O3S. The monoisotopic (exact) mass is 352 g/mol. The van der Waals surface area contributed by atoms with Crippen LogP contribution in [0.4, 0.5) is 0 Å². The van der Waals surface area contributed by atoms with Crippen LogP contribution in [0.5, 0.6) is 5.75 Å². The second-order valence-corrected chi connectivity index (χ2v) is 6.23. The van der Waals surface area contributed by atoms with Gasteiger partial charge in [-0.3, -0.25) is 14.2 Å². The van der Waals surface area contributed by atoms with Crippen LogP contribution in [0.15, 0.2) is 71.1 Å². The highest BCUT2D eigenvalue weighted by atomic mass is 32.2. The number of benzene rings is 2. The first-order valence-electron chi connectivity index (χ1n) is 7.64. The molecule has 0 atom stereocenters. The largest absolute Gasteiger partial charge is 0.427 e. The summed E-state index contributed by atoms with van der Waals surface area (Å²) in [6, 6.07) is 14.2. The maximum Gasteiger partial charge on any atom is 0.308 e. The molecule has 25 heavy (non-hydrogen) atoms. The third-order valence-electron chi connectivity index (χ3n) is 3.42. The Labute approximate surface area is 149 Å². The van der Waals surface area contributed by atoms with Crippen LogP contribution in [0.3, 0.4) is 0 Å². The SMILES string of the molecule is C=CCSc1nc2ccc(OC(C)=O)cc2c(=O)n1-c1ccccc1. The predicted octanol–water partition coefficient (Wildman–Crippen LogP) is 3.59. The van der Waals surface area contributed by atoms with E-state index in [1.165, 1.54) is 18.7 Å². The van der Waals surface area contributed by atoms with Gasteiger partial charge >= 0.3 is 5.97 Å². The number of esters is 1. The van der Waals surface area contributed by atoms with Gasteiger partial charge in [0, 0.05) is 12.7 Å². The summed E-state index contributed by atoms with van der Waals surface area (Å²) in [7, 11) is 0. The smallest absolute Gasteiger partial charge is 0.308 e.